The molecule has 0 amide bonds. The van der Waals surface area contributed by atoms with Gasteiger partial charge in [0.2, 0.25) is 0 Å². The minimum atomic E-state index is 0.764. The third kappa shape index (κ3) is 4.63. The Kier molecular flexibility index (Phi) is 6.69. The molecule has 0 aliphatic carbocycles. The summed E-state index contributed by atoms with van der Waals surface area (Å²) >= 11 is 0. The van der Waals surface area contributed by atoms with Crippen molar-refractivity contribution in [2.24, 2.45) is 0 Å². The van der Waals surface area contributed by atoms with E-state index in [1.165, 1.54) is 22.3 Å². The summed E-state index contributed by atoms with van der Waals surface area (Å²) in [5.74, 6) is 0. The molecule has 0 aliphatic rings. The van der Waals surface area contributed by atoms with Crippen LogP contribution in [0.4, 0.5) is 0 Å². The van der Waals surface area contributed by atoms with Gasteiger partial charge >= 0.3 is 0 Å². The predicted octanol–water partition coefficient (Wildman–Crippen LogP) is 3.33. The molecule has 18 heavy (non-hydrogen) atoms. The molecule has 1 N–H and O–H groups in total. The van der Waals surface area contributed by atoms with Crippen LogP contribution >= 0.6 is 0 Å². The average Bonchev–Trinajstić information content (AvgIpc) is 2.36. The van der Waals surface area contributed by atoms with E-state index >= 15 is 0 Å². The maximum atomic E-state index is 5.03. The zero-order chi connectivity index (χ0) is 13.4. The number of methoxy groups -OCH3 is 1. The summed E-state index contributed by atoms with van der Waals surface area (Å²) in [7, 11) is 1.73. The van der Waals surface area contributed by atoms with Gasteiger partial charge in [0.15, 0.2) is 0 Å². The van der Waals surface area contributed by atoms with Crippen molar-refractivity contribution < 1.29 is 4.74 Å². The first-order chi connectivity index (χ1) is 8.69. The lowest BCUT2D eigenvalue weighted by Gasteiger charge is -2.10. The van der Waals surface area contributed by atoms with E-state index in [0.29, 0.717) is 0 Å². The zero-order valence-electron chi connectivity index (χ0n) is 12.0. The van der Waals surface area contributed by atoms with E-state index in [9.17, 15) is 0 Å². The largest absolute Gasteiger partial charge is 0.383 e. The lowest BCUT2D eigenvalue weighted by molar-refractivity contribution is 0.200. The number of hydrogen-bond donors (Lipinski definition) is 1. The van der Waals surface area contributed by atoms with Gasteiger partial charge in [0.05, 0.1) is 6.61 Å². The maximum Gasteiger partial charge on any atom is 0.0587 e. The standard InChI is InChI=1S/C16H25NO/c1-5-15(12-17-9-10-18-4)11-16-13(2)7-6-8-14(16)3/h6-8,11,17H,5,9-10,12H2,1-4H3/b15-11-. The molecule has 1 aromatic rings. The summed E-state index contributed by atoms with van der Waals surface area (Å²) in [6, 6.07) is 6.46. The van der Waals surface area contributed by atoms with Crippen molar-refractivity contribution in [2.45, 2.75) is 27.2 Å². The highest BCUT2D eigenvalue weighted by atomic mass is 16.5. The van der Waals surface area contributed by atoms with Gasteiger partial charge in [0.1, 0.15) is 0 Å². The maximum absolute atomic E-state index is 5.03. The molecule has 2 heteroatoms. The Bertz CT molecular complexity index is 376. The fraction of sp³-hybridized carbons (Fsp3) is 0.500. The first-order valence-corrected chi connectivity index (χ1v) is 6.64. The third-order valence-electron chi connectivity index (χ3n) is 3.18. The average molecular weight is 247 g/mol. The van der Waals surface area contributed by atoms with Gasteiger partial charge in [-0.1, -0.05) is 36.8 Å². The molecule has 0 saturated carbocycles. The highest BCUT2D eigenvalue weighted by molar-refractivity contribution is 5.60. The normalized spacial score (nSPS) is 11.9. The van der Waals surface area contributed by atoms with Crippen LogP contribution < -0.4 is 5.32 Å². The summed E-state index contributed by atoms with van der Waals surface area (Å²) in [5.41, 5.74) is 5.49. The molecule has 0 aliphatic heterocycles. The molecule has 0 aromatic heterocycles. The molecule has 2 nitrogen and oxygen atoms in total. The number of nitrogens with one attached hydrogen (secondary N) is 1. The van der Waals surface area contributed by atoms with Gasteiger partial charge in [-0.25, -0.2) is 0 Å². The minimum Gasteiger partial charge on any atom is -0.383 e. The van der Waals surface area contributed by atoms with Crippen LogP contribution in [-0.4, -0.2) is 26.8 Å². The second-order valence-corrected chi connectivity index (χ2v) is 4.63. The van der Waals surface area contributed by atoms with E-state index in [-0.39, 0.29) is 0 Å². The van der Waals surface area contributed by atoms with Crippen molar-refractivity contribution in [3.63, 3.8) is 0 Å². The number of aryl methyl sites for hydroxylation is 2. The Labute approximate surface area is 111 Å². The number of ether oxygens (including phenoxy) is 1. The van der Waals surface area contributed by atoms with Crippen LogP contribution in [0.5, 0.6) is 0 Å². The van der Waals surface area contributed by atoms with Crippen LogP contribution in [0, 0.1) is 13.8 Å². The number of benzene rings is 1. The molecular weight excluding hydrogens is 222 g/mol. The number of hydrogen-bond acceptors (Lipinski definition) is 2. The van der Waals surface area contributed by atoms with Crippen LogP contribution in [0.1, 0.15) is 30.0 Å². The van der Waals surface area contributed by atoms with E-state index in [1.54, 1.807) is 7.11 Å². The van der Waals surface area contributed by atoms with Gasteiger partial charge in [0.25, 0.3) is 0 Å². The van der Waals surface area contributed by atoms with Gasteiger partial charge in [-0.3, -0.25) is 0 Å². The Balaban J connectivity index is 2.71. The minimum absolute atomic E-state index is 0.764. The summed E-state index contributed by atoms with van der Waals surface area (Å²) in [6.07, 6.45) is 3.40. The molecule has 0 heterocycles. The van der Waals surface area contributed by atoms with Gasteiger partial charge in [0, 0.05) is 20.2 Å². The van der Waals surface area contributed by atoms with Gasteiger partial charge in [-0.15, -0.1) is 0 Å². The summed E-state index contributed by atoms with van der Waals surface area (Å²) in [6.45, 7) is 9.15. The Morgan fingerprint density at radius 2 is 1.94 bits per heavy atom. The third-order valence-corrected chi connectivity index (χ3v) is 3.18. The molecule has 0 fully saturated rings. The highest BCUT2D eigenvalue weighted by Crippen LogP contribution is 2.17. The van der Waals surface area contributed by atoms with E-state index in [0.717, 1.165) is 26.1 Å². The molecule has 0 bridgehead atoms. The van der Waals surface area contributed by atoms with E-state index in [1.807, 2.05) is 0 Å². The lowest BCUT2D eigenvalue weighted by atomic mass is 9.99. The molecule has 0 radical (unpaired) electrons. The molecule has 1 aromatic carbocycles. The van der Waals surface area contributed by atoms with Crippen molar-refractivity contribution in [3.05, 3.63) is 40.5 Å². The van der Waals surface area contributed by atoms with Crippen LogP contribution in [0.2, 0.25) is 0 Å². The smallest absolute Gasteiger partial charge is 0.0587 e. The highest BCUT2D eigenvalue weighted by Gasteiger charge is 2.01. The van der Waals surface area contributed by atoms with Crippen LogP contribution in [0.15, 0.2) is 23.8 Å². The monoisotopic (exact) mass is 247 g/mol. The summed E-state index contributed by atoms with van der Waals surface area (Å²) in [5, 5.41) is 3.40. The molecule has 0 unspecified atom stereocenters. The van der Waals surface area contributed by atoms with Crippen LogP contribution in [0.3, 0.4) is 0 Å². The van der Waals surface area contributed by atoms with E-state index in [4.69, 9.17) is 4.74 Å². The van der Waals surface area contributed by atoms with Gasteiger partial charge in [-0.05, 0) is 37.0 Å². The van der Waals surface area contributed by atoms with Crippen molar-refractivity contribution in [2.75, 3.05) is 26.8 Å². The predicted molar refractivity (Wildman–Crippen MR) is 78.9 cm³/mol. The Hall–Kier alpha value is -1.12. The first kappa shape index (κ1) is 14.9. The topological polar surface area (TPSA) is 21.3 Å². The molecule has 0 saturated heterocycles. The fourth-order valence-electron chi connectivity index (χ4n) is 1.96. The van der Waals surface area contributed by atoms with E-state index in [2.05, 4.69) is 50.4 Å². The second-order valence-electron chi connectivity index (χ2n) is 4.63. The Morgan fingerprint density at radius 1 is 1.28 bits per heavy atom. The van der Waals surface area contributed by atoms with Crippen LogP contribution in [-0.2, 0) is 4.74 Å². The molecule has 0 spiro atoms. The van der Waals surface area contributed by atoms with E-state index < -0.39 is 0 Å². The fourth-order valence-corrected chi connectivity index (χ4v) is 1.96. The van der Waals surface area contributed by atoms with Gasteiger partial charge < -0.3 is 10.1 Å². The van der Waals surface area contributed by atoms with Gasteiger partial charge in [-0.2, -0.15) is 0 Å². The summed E-state index contributed by atoms with van der Waals surface area (Å²) < 4.78 is 5.03. The van der Waals surface area contributed by atoms with Crippen molar-refractivity contribution in [3.8, 4) is 0 Å². The summed E-state index contributed by atoms with van der Waals surface area (Å²) in [4.78, 5) is 0. The lowest BCUT2D eigenvalue weighted by Crippen LogP contribution is -2.21. The quantitative estimate of drug-likeness (QED) is 0.746. The zero-order valence-corrected chi connectivity index (χ0v) is 12.0. The van der Waals surface area contributed by atoms with Crippen LogP contribution in [0.25, 0.3) is 6.08 Å². The van der Waals surface area contributed by atoms with Crippen molar-refractivity contribution in [1.82, 2.24) is 5.32 Å². The number of rotatable bonds is 7. The molecule has 0 atom stereocenters. The molecule has 1 rings (SSSR count). The molecular formula is C16H25NO. The first-order valence-electron chi connectivity index (χ1n) is 6.64. The Morgan fingerprint density at radius 3 is 2.50 bits per heavy atom. The van der Waals surface area contributed by atoms with Crippen molar-refractivity contribution in [1.29, 1.82) is 0 Å². The van der Waals surface area contributed by atoms with Crippen molar-refractivity contribution >= 4 is 6.08 Å². The second kappa shape index (κ2) is 8.06. The SMILES string of the molecule is CC/C(=C/c1c(C)cccc1C)CNCCOC. The molecule has 100 valence electrons.